The molecule has 0 saturated carbocycles. The number of carbonyl (C=O) groups excluding carboxylic acids is 2. The molecule has 0 unspecified atom stereocenters. The van der Waals surface area contributed by atoms with E-state index in [1.54, 1.807) is 41.8 Å². The monoisotopic (exact) mass is 648 g/mol. The summed E-state index contributed by atoms with van der Waals surface area (Å²) in [5.74, 6) is 0.763. The molecular formula is C37H32N2O7S. The minimum Gasteiger partial charge on any atom is -0.494 e. The highest BCUT2D eigenvalue weighted by atomic mass is 32.1. The molecule has 2 aromatic heterocycles. The summed E-state index contributed by atoms with van der Waals surface area (Å²) in [4.78, 5) is 45.2. The van der Waals surface area contributed by atoms with E-state index in [0.29, 0.717) is 50.0 Å². The Balaban J connectivity index is 1.50. The van der Waals surface area contributed by atoms with E-state index < -0.39 is 18.0 Å². The van der Waals surface area contributed by atoms with Crippen molar-refractivity contribution in [2.24, 2.45) is 4.99 Å². The molecule has 0 aliphatic carbocycles. The highest BCUT2D eigenvalue weighted by Gasteiger charge is 2.35. The van der Waals surface area contributed by atoms with Crippen LogP contribution in [-0.2, 0) is 14.3 Å². The summed E-state index contributed by atoms with van der Waals surface area (Å²) in [5.41, 5.74) is 3.92. The molecular weight excluding hydrogens is 616 g/mol. The molecule has 0 radical (unpaired) electrons. The lowest BCUT2D eigenvalue weighted by atomic mass is 9.93. The Hall–Kier alpha value is -5.48. The average molecular weight is 649 g/mol. The second kappa shape index (κ2) is 13.5. The first-order valence-corrected chi connectivity index (χ1v) is 15.9. The van der Waals surface area contributed by atoms with Crippen LogP contribution >= 0.6 is 11.3 Å². The van der Waals surface area contributed by atoms with Gasteiger partial charge in [0.05, 0.1) is 47.7 Å². The normalized spacial score (nSPS) is 14.4. The van der Waals surface area contributed by atoms with E-state index in [1.807, 2.05) is 74.5 Å². The molecule has 10 heteroatoms. The van der Waals surface area contributed by atoms with Crippen LogP contribution in [-0.4, -0.2) is 36.8 Å². The summed E-state index contributed by atoms with van der Waals surface area (Å²) < 4.78 is 24.1. The maximum absolute atomic E-state index is 14.2. The number of fused-ring (bicyclic) bond motifs is 1. The number of thiazole rings is 1. The number of hydrogen-bond acceptors (Lipinski definition) is 9. The highest BCUT2D eigenvalue weighted by Crippen LogP contribution is 2.36. The van der Waals surface area contributed by atoms with E-state index in [2.05, 4.69) is 0 Å². The van der Waals surface area contributed by atoms with Crippen LogP contribution in [0.25, 0.3) is 23.1 Å². The van der Waals surface area contributed by atoms with Crippen LogP contribution in [0.2, 0.25) is 0 Å². The maximum atomic E-state index is 14.2. The second-order valence-corrected chi connectivity index (χ2v) is 11.7. The van der Waals surface area contributed by atoms with E-state index in [9.17, 15) is 14.4 Å². The third-order valence-electron chi connectivity index (χ3n) is 7.69. The van der Waals surface area contributed by atoms with Crippen LogP contribution in [0.3, 0.4) is 0 Å². The fourth-order valence-electron chi connectivity index (χ4n) is 5.56. The summed E-state index contributed by atoms with van der Waals surface area (Å²) in [6.07, 6.45) is 1.68. The molecule has 1 aliphatic rings. The van der Waals surface area contributed by atoms with Crippen LogP contribution in [0, 0.1) is 6.92 Å². The predicted octanol–water partition coefficient (Wildman–Crippen LogP) is 5.69. The lowest BCUT2D eigenvalue weighted by molar-refractivity contribution is -0.138. The van der Waals surface area contributed by atoms with Gasteiger partial charge in [-0.1, -0.05) is 59.9 Å². The van der Waals surface area contributed by atoms with Gasteiger partial charge in [0.1, 0.15) is 17.3 Å². The lowest BCUT2D eigenvalue weighted by Gasteiger charge is -2.26. The first-order chi connectivity index (χ1) is 22.8. The summed E-state index contributed by atoms with van der Waals surface area (Å²) >= 11 is 1.21. The summed E-state index contributed by atoms with van der Waals surface area (Å²) in [6, 6.07) is 24.8. The zero-order chi connectivity index (χ0) is 33.1. The van der Waals surface area contributed by atoms with Crippen molar-refractivity contribution in [3.05, 3.63) is 138 Å². The van der Waals surface area contributed by atoms with Crippen molar-refractivity contribution in [1.82, 2.24) is 4.57 Å². The first-order valence-electron chi connectivity index (χ1n) is 15.1. The Morgan fingerprint density at radius 2 is 1.72 bits per heavy atom. The number of methoxy groups -OCH3 is 1. The zero-order valence-corrected chi connectivity index (χ0v) is 27.1. The Morgan fingerprint density at radius 3 is 2.40 bits per heavy atom. The van der Waals surface area contributed by atoms with E-state index >= 15 is 0 Å². The van der Waals surface area contributed by atoms with Crippen molar-refractivity contribution < 1.29 is 28.2 Å². The number of hydrogen-bond donors (Lipinski definition) is 0. The van der Waals surface area contributed by atoms with Crippen molar-refractivity contribution >= 4 is 35.0 Å². The van der Waals surface area contributed by atoms with Gasteiger partial charge in [0.25, 0.3) is 5.56 Å². The van der Waals surface area contributed by atoms with Gasteiger partial charge in [-0.3, -0.25) is 9.36 Å². The van der Waals surface area contributed by atoms with Gasteiger partial charge in [0.2, 0.25) is 0 Å². The van der Waals surface area contributed by atoms with Crippen LogP contribution in [0.5, 0.6) is 5.75 Å². The number of ether oxygens (including phenoxy) is 3. The van der Waals surface area contributed by atoms with E-state index in [4.69, 9.17) is 23.6 Å². The SMILES string of the molecule is CCOC(=O)C1=C(c2ccccc2)N=c2s/c(=C\c3ccc(-c4ccc(C(=O)OC)cc4C)o3)c(=O)n2[C@@H]1c1ccc(OCC)cc1. The molecule has 9 nitrogen and oxygen atoms in total. The third kappa shape index (κ3) is 6.19. The lowest BCUT2D eigenvalue weighted by Crippen LogP contribution is -2.40. The summed E-state index contributed by atoms with van der Waals surface area (Å²) in [5, 5.41) is 0. The fraction of sp³-hybridized carbons (Fsp3) is 0.189. The second-order valence-electron chi connectivity index (χ2n) is 10.7. The summed E-state index contributed by atoms with van der Waals surface area (Å²) in [7, 11) is 1.34. The first kappa shape index (κ1) is 31.5. The van der Waals surface area contributed by atoms with Gasteiger partial charge in [-0.05, 0) is 68.3 Å². The highest BCUT2D eigenvalue weighted by molar-refractivity contribution is 7.07. The van der Waals surface area contributed by atoms with Crippen LogP contribution in [0.1, 0.15) is 52.7 Å². The number of benzene rings is 3. The predicted molar refractivity (Wildman–Crippen MR) is 179 cm³/mol. The zero-order valence-electron chi connectivity index (χ0n) is 26.3. The number of furan rings is 1. The largest absolute Gasteiger partial charge is 0.494 e. The molecule has 5 aromatic rings. The Labute approximate surface area is 274 Å². The molecule has 0 N–H and O–H groups in total. The van der Waals surface area contributed by atoms with Gasteiger partial charge < -0.3 is 18.6 Å². The fourth-order valence-corrected chi connectivity index (χ4v) is 6.54. The number of rotatable bonds is 9. The molecule has 0 amide bonds. The molecule has 47 heavy (non-hydrogen) atoms. The number of esters is 2. The van der Waals surface area contributed by atoms with Crippen molar-refractivity contribution in [2.45, 2.75) is 26.8 Å². The molecule has 238 valence electrons. The molecule has 3 aromatic carbocycles. The molecule has 0 spiro atoms. The van der Waals surface area contributed by atoms with E-state index in [-0.39, 0.29) is 17.7 Å². The smallest absolute Gasteiger partial charge is 0.338 e. The van der Waals surface area contributed by atoms with Gasteiger partial charge in [0, 0.05) is 17.2 Å². The summed E-state index contributed by atoms with van der Waals surface area (Å²) in [6.45, 7) is 6.21. The number of aromatic nitrogens is 1. The molecule has 0 bridgehead atoms. The van der Waals surface area contributed by atoms with Gasteiger partial charge in [-0.15, -0.1) is 0 Å². The van der Waals surface area contributed by atoms with Crippen LogP contribution in [0.15, 0.2) is 105 Å². The topological polar surface area (TPSA) is 109 Å². The van der Waals surface area contributed by atoms with Crippen LogP contribution in [0.4, 0.5) is 0 Å². The Kier molecular flexibility index (Phi) is 9.03. The number of carbonyl (C=O) groups is 2. The quantitative estimate of drug-likeness (QED) is 0.189. The number of nitrogens with zero attached hydrogens (tertiary/aromatic N) is 2. The Morgan fingerprint density at radius 1 is 0.957 bits per heavy atom. The molecule has 3 heterocycles. The molecule has 6 rings (SSSR count). The van der Waals surface area contributed by atoms with Gasteiger partial charge in [0.15, 0.2) is 4.80 Å². The minimum absolute atomic E-state index is 0.163. The average Bonchev–Trinajstić information content (AvgIpc) is 3.68. The van der Waals surface area contributed by atoms with Crippen molar-refractivity contribution in [3.8, 4) is 17.1 Å². The van der Waals surface area contributed by atoms with Gasteiger partial charge >= 0.3 is 11.9 Å². The minimum atomic E-state index is -0.804. The van der Waals surface area contributed by atoms with E-state index in [0.717, 1.165) is 16.7 Å². The van der Waals surface area contributed by atoms with Gasteiger partial charge in [-0.25, -0.2) is 14.6 Å². The Bertz CT molecular complexity index is 2170. The molecule has 0 fully saturated rings. The van der Waals surface area contributed by atoms with Gasteiger partial charge in [-0.2, -0.15) is 0 Å². The molecule has 0 saturated heterocycles. The number of aryl methyl sites for hydroxylation is 1. The van der Waals surface area contributed by atoms with Crippen LogP contribution < -0.4 is 19.6 Å². The van der Waals surface area contributed by atoms with Crippen molar-refractivity contribution in [2.75, 3.05) is 20.3 Å². The standard InChI is InChI=1S/C37H32N2O7S/c1-5-44-26-15-12-24(13-16-26)33-31(36(42)45-6-2)32(23-10-8-7-9-11-23)38-37-39(33)34(40)30(47-37)21-27-17-19-29(46-27)28-18-14-25(20-22(28)3)35(41)43-4/h7-21,33H,5-6H2,1-4H3/b30-21-/t33-/m1/s1. The van der Waals surface area contributed by atoms with Crippen molar-refractivity contribution in [3.63, 3.8) is 0 Å². The van der Waals surface area contributed by atoms with E-state index in [1.165, 1.54) is 18.4 Å². The van der Waals surface area contributed by atoms with Crippen molar-refractivity contribution in [1.29, 1.82) is 0 Å². The molecule has 1 atom stereocenters. The molecule has 1 aliphatic heterocycles. The maximum Gasteiger partial charge on any atom is 0.338 e. The third-order valence-corrected chi connectivity index (χ3v) is 8.68.